The van der Waals surface area contributed by atoms with Crippen LogP contribution in [-0.4, -0.2) is 13.2 Å². The molecule has 0 saturated heterocycles. The van der Waals surface area contributed by atoms with Crippen LogP contribution < -0.4 is 18.1 Å². The van der Waals surface area contributed by atoms with Gasteiger partial charge in [-0.05, 0) is 89.5 Å². The molecule has 0 aliphatic heterocycles. The normalized spacial score (nSPS) is 14.5. The van der Waals surface area contributed by atoms with E-state index in [0.29, 0.717) is 17.8 Å². The summed E-state index contributed by atoms with van der Waals surface area (Å²) in [6, 6.07) is 32.4. The van der Waals surface area contributed by atoms with Crippen LogP contribution >= 0.6 is 17.2 Å². The fraction of sp³-hybridized carbons (Fsp3) is 0.415. The molecule has 0 aliphatic rings. The first-order valence-corrected chi connectivity index (χ1v) is 19.9. The summed E-state index contributed by atoms with van der Waals surface area (Å²) in [6.07, 6.45) is 2.98. The largest absolute Gasteiger partial charge is 0.463 e. The summed E-state index contributed by atoms with van der Waals surface area (Å²) in [7, 11) is -3.63. The zero-order valence-electron chi connectivity index (χ0n) is 30.4. The van der Waals surface area contributed by atoms with Crippen molar-refractivity contribution in [1.82, 2.24) is 0 Å². The second-order valence-corrected chi connectivity index (χ2v) is 14.9. The Labute approximate surface area is 297 Å². The molecule has 0 fully saturated rings. The third-order valence-corrected chi connectivity index (χ3v) is 11.1. The number of hydrogen-bond donors (Lipinski definition) is 0. The van der Waals surface area contributed by atoms with Crippen molar-refractivity contribution < 1.29 is 27.1 Å². The lowest BCUT2D eigenvalue weighted by molar-refractivity contribution is 0.185. The molecule has 6 nitrogen and oxygen atoms in total. The highest BCUT2D eigenvalue weighted by Crippen LogP contribution is 2.48. The van der Waals surface area contributed by atoms with Crippen molar-refractivity contribution in [2.45, 2.75) is 98.3 Å². The molecule has 0 N–H and O–H groups in total. The van der Waals surface area contributed by atoms with E-state index in [1.54, 1.807) is 0 Å². The van der Waals surface area contributed by atoms with Gasteiger partial charge in [0.2, 0.25) is 0 Å². The minimum Gasteiger partial charge on any atom is -0.417 e. The fourth-order valence-corrected chi connectivity index (χ4v) is 7.34. The van der Waals surface area contributed by atoms with Crippen LogP contribution in [0.4, 0.5) is 0 Å². The summed E-state index contributed by atoms with van der Waals surface area (Å²) in [6.45, 7) is 17.9. The van der Waals surface area contributed by atoms with Gasteiger partial charge in [-0.2, -0.15) is 0 Å². The van der Waals surface area contributed by atoms with Gasteiger partial charge in [0.05, 0.1) is 13.2 Å². The minimum absolute atomic E-state index is 0.215. The quantitative estimate of drug-likeness (QED) is 0.0674. The van der Waals surface area contributed by atoms with Crippen LogP contribution in [-0.2, 0) is 9.05 Å². The Morgan fingerprint density at radius 3 is 0.959 bits per heavy atom. The molecule has 264 valence electrons. The van der Waals surface area contributed by atoms with Gasteiger partial charge in [0.25, 0.3) is 0 Å². The maximum absolute atomic E-state index is 6.54. The molecule has 4 atom stereocenters. The molecular weight excluding hydrogens is 650 g/mol. The van der Waals surface area contributed by atoms with Gasteiger partial charge in [0.1, 0.15) is 23.0 Å². The number of hydrogen-bond acceptors (Lipinski definition) is 6. The standard InChI is InChI=1S/C41H54O6P2/c1-9-31(6)35-21-13-17-25-39(35)45-48(44-38-24-16-12-20-34(38)30(4)5)42-28-29-43-49(46-40-26-18-14-22-36(40)32(7)10-2)47-41-27-19-15-23-37(41)33(8)11-3/h12-27,30-33H,9-11,28-29H2,1-8H3. The molecule has 49 heavy (non-hydrogen) atoms. The Balaban J connectivity index is 1.55. The van der Waals surface area contributed by atoms with Crippen molar-refractivity contribution in [2.24, 2.45) is 0 Å². The van der Waals surface area contributed by atoms with Crippen LogP contribution in [0.1, 0.15) is 121 Å². The monoisotopic (exact) mass is 704 g/mol. The smallest absolute Gasteiger partial charge is 0.417 e. The SMILES string of the molecule is CCC(C)c1ccccc1OP(OCCOP(Oc1ccccc1C(C)CC)Oc1ccccc1C(C)CC)Oc1ccccc1C(C)C. The molecule has 0 saturated carbocycles. The van der Waals surface area contributed by atoms with Gasteiger partial charge in [-0.3, -0.25) is 9.05 Å². The predicted octanol–water partition coefficient (Wildman–Crippen LogP) is 13.5. The van der Waals surface area contributed by atoms with Crippen LogP contribution in [0.3, 0.4) is 0 Å². The van der Waals surface area contributed by atoms with Crippen LogP contribution in [0, 0.1) is 0 Å². The van der Waals surface area contributed by atoms with E-state index < -0.39 is 17.2 Å². The van der Waals surface area contributed by atoms with E-state index in [-0.39, 0.29) is 19.1 Å². The summed E-state index contributed by atoms with van der Waals surface area (Å²) in [5.74, 6) is 4.32. The van der Waals surface area contributed by atoms with E-state index in [1.165, 1.54) is 0 Å². The maximum atomic E-state index is 6.54. The molecule has 0 aromatic heterocycles. The van der Waals surface area contributed by atoms with E-state index in [0.717, 1.165) is 64.5 Å². The highest BCUT2D eigenvalue weighted by molar-refractivity contribution is 7.43. The molecule has 4 aromatic rings. The van der Waals surface area contributed by atoms with Gasteiger partial charge in [-0.1, -0.05) is 128 Å². The summed E-state index contributed by atoms with van der Waals surface area (Å²) in [4.78, 5) is 0. The third-order valence-electron chi connectivity index (χ3n) is 8.90. The van der Waals surface area contributed by atoms with Gasteiger partial charge >= 0.3 is 17.2 Å². The second kappa shape index (κ2) is 19.9. The Morgan fingerprint density at radius 2 is 0.673 bits per heavy atom. The van der Waals surface area contributed by atoms with Crippen molar-refractivity contribution in [3.8, 4) is 23.0 Å². The molecule has 4 rings (SSSR count). The molecule has 8 heteroatoms. The van der Waals surface area contributed by atoms with E-state index in [1.807, 2.05) is 72.8 Å². The van der Waals surface area contributed by atoms with Gasteiger partial charge in [-0.25, -0.2) is 0 Å². The van der Waals surface area contributed by atoms with E-state index >= 15 is 0 Å². The van der Waals surface area contributed by atoms with Gasteiger partial charge < -0.3 is 18.1 Å². The molecule has 0 heterocycles. The third kappa shape index (κ3) is 11.2. The molecule has 0 bridgehead atoms. The van der Waals surface area contributed by atoms with Crippen LogP contribution in [0.5, 0.6) is 23.0 Å². The highest BCUT2D eigenvalue weighted by Gasteiger charge is 2.25. The van der Waals surface area contributed by atoms with E-state index in [4.69, 9.17) is 27.1 Å². The average molecular weight is 705 g/mol. The molecule has 4 aromatic carbocycles. The molecule has 0 aliphatic carbocycles. The maximum Gasteiger partial charge on any atom is 0.463 e. The van der Waals surface area contributed by atoms with Crippen LogP contribution in [0.25, 0.3) is 0 Å². The molecule has 0 radical (unpaired) electrons. The van der Waals surface area contributed by atoms with Crippen LogP contribution in [0.2, 0.25) is 0 Å². The Morgan fingerprint density at radius 1 is 0.408 bits per heavy atom. The van der Waals surface area contributed by atoms with Crippen molar-refractivity contribution in [1.29, 1.82) is 0 Å². The Bertz CT molecular complexity index is 1510. The predicted molar refractivity (Wildman–Crippen MR) is 204 cm³/mol. The first kappa shape index (κ1) is 38.7. The second-order valence-electron chi connectivity index (χ2n) is 12.7. The first-order chi connectivity index (χ1) is 23.7. The van der Waals surface area contributed by atoms with Gasteiger partial charge in [0, 0.05) is 0 Å². The van der Waals surface area contributed by atoms with Gasteiger partial charge in [-0.15, -0.1) is 0 Å². The minimum atomic E-state index is -1.82. The van der Waals surface area contributed by atoms with Crippen molar-refractivity contribution in [3.05, 3.63) is 119 Å². The number of benzene rings is 4. The molecule has 0 amide bonds. The average Bonchev–Trinajstić information content (AvgIpc) is 3.13. The van der Waals surface area contributed by atoms with Crippen molar-refractivity contribution in [3.63, 3.8) is 0 Å². The summed E-state index contributed by atoms with van der Waals surface area (Å²) in [5.41, 5.74) is 4.48. The Hall–Kier alpha value is -3.14. The lowest BCUT2D eigenvalue weighted by Crippen LogP contribution is -2.10. The lowest BCUT2D eigenvalue weighted by Gasteiger charge is -2.24. The Kier molecular flexibility index (Phi) is 15.7. The molecular formula is C41H54O6P2. The lowest BCUT2D eigenvalue weighted by atomic mass is 9.98. The molecule has 0 spiro atoms. The van der Waals surface area contributed by atoms with Crippen LogP contribution in [0.15, 0.2) is 97.1 Å². The first-order valence-electron chi connectivity index (χ1n) is 17.7. The highest BCUT2D eigenvalue weighted by atomic mass is 31.2. The summed E-state index contributed by atoms with van der Waals surface area (Å²) < 4.78 is 38.8. The summed E-state index contributed by atoms with van der Waals surface area (Å²) in [5, 5.41) is 0. The topological polar surface area (TPSA) is 55.4 Å². The fourth-order valence-electron chi connectivity index (χ4n) is 5.30. The van der Waals surface area contributed by atoms with E-state index in [2.05, 4.69) is 79.7 Å². The zero-order chi connectivity index (χ0) is 35.2. The molecule has 4 unspecified atom stereocenters. The van der Waals surface area contributed by atoms with Gasteiger partial charge in [0.15, 0.2) is 0 Å². The van der Waals surface area contributed by atoms with Crippen molar-refractivity contribution in [2.75, 3.05) is 13.2 Å². The number of para-hydroxylation sites is 4. The zero-order valence-corrected chi connectivity index (χ0v) is 32.2. The van der Waals surface area contributed by atoms with E-state index in [9.17, 15) is 0 Å². The summed E-state index contributed by atoms with van der Waals surface area (Å²) >= 11 is 0. The van der Waals surface area contributed by atoms with Crippen molar-refractivity contribution >= 4 is 17.2 Å². The number of rotatable bonds is 20.